The van der Waals surface area contributed by atoms with Crippen LogP contribution in [0.3, 0.4) is 0 Å². The molecule has 2 aromatic carbocycles. The molecule has 1 aromatic heterocycles. The number of hydrogen-bond acceptors (Lipinski definition) is 7. The first-order chi connectivity index (χ1) is 15.5. The number of halogens is 1. The van der Waals surface area contributed by atoms with Crippen molar-refractivity contribution in [3.05, 3.63) is 63.5 Å². The van der Waals surface area contributed by atoms with Crippen molar-refractivity contribution in [2.75, 3.05) is 31.0 Å². The number of nitrogens with one attached hydrogen (secondary N) is 1. The van der Waals surface area contributed by atoms with Crippen molar-refractivity contribution in [2.45, 2.75) is 16.5 Å². The van der Waals surface area contributed by atoms with Crippen molar-refractivity contribution < 1.29 is 14.3 Å². The Kier molecular flexibility index (Phi) is 6.98. The van der Waals surface area contributed by atoms with E-state index in [1.165, 1.54) is 35.2 Å². The number of hydrogen-bond donors (Lipinski definition) is 1. The molecule has 7 nitrogen and oxygen atoms in total. The first kappa shape index (κ1) is 22.6. The van der Waals surface area contributed by atoms with E-state index in [1.54, 1.807) is 31.4 Å². The van der Waals surface area contributed by atoms with E-state index in [2.05, 4.69) is 5.32 Å². The largest absolute Gasteiger partial charge is 0.497 e. The van der Waals surface area contributed by atoms with Gasteiger partial charge in [-0.1, -0.05) is 29.4 Å². The number of amides is 1. The lowest BCUT2D eigenvalue weighted by molar-refractivity contribution is -0.113. The molecule has 166 valence electrons. The molecule has 10 heteroatoms. The van der Waals surface area contributed by atoms with Crippen molar-refractivity contribution in [1.29, 1.82) is 0 Å². The lowest BCUT2D eigenvalue weighted by atomic mass is 10.3. The number of thioether (sulfide) groups is 2. The highest BCUT2D eigenvalue weighted by Gasteiger charge is 2.23. The zero-order chi connectivity index (χ0) is 22.7. The molecule has 0 radical (unpaired) electrons. The second-order valence-electron chi connectivity index (χ2n) is 6.79. The number of aromatic nitrogens is 2. The average Bonchev–Trinajstić information content (AvgIpc) is 3.27. The smallest absolute Gasteiger partial charge is 0.272 e. The summed E-state index contributed by atoms with van der Waals surface area (Å²) in [7, 11) is 3.09. The summed E-state index contributed by atoms with van der Waals surface area (Å²) >= 11 is 8.75. The van der Waals surface area contributed by atoms with E-state index in [0.717, 1.165) is 17.9 Å². The molecule has 1 amide bonds. The first-order valence-corrected chi connectivity index (χ1v) is 12.0. The van der Waals surface area contributed by atoms with Crippen LogP contribution in [0, 0.1) is 0 Å². The van der Waals surface area contributed by atoms with Gasteiger partial charge in [0, 0.05) is 23.3 Å². The maximum Gasteiger partial charge on any atom is 0.272 e. The summed E-state index contributed by atoms with van der Waals surface area (Å²) in [5, 5.41) is 3.75. The summed E-state index contributed by atoms with van der Waals surface area (Å²) in [5.74, 6) is 1.74. The van der Waals surface area contributed by atoms with E-state index in [-0.39, 0.29) is 17.2 Å². The number of aryl methyl sites for hydroxylation is 1. The molecule has 0 bridgehead atoms. The van der Waals surface area contributed by atoms with E-state index in [1.807, 2.05) is 18.2 Å². The Morgan fingerprint density at radius 3 is 2.88 bits per heavy atom. The molecule has 0 atom stereocenters. The second kappa shape index (κ2) is 9.89. The molecule has 3 aromatic rings. The van der Waals surface area contributed by atoms with Gasteiger partial charge >= 0.3 is 0 Å². The van der Waals surface area contributed by atoms with Crippen LogP contribution in [0.1, 0.15) is 5.69 Å². The van der Waals surface area contributed by atoms with Gasteiger partial charge in [-0.05, 0) is 30.3 Å². The van der Waals surface area contributed by atoms with Gasteiger partial charge in [-0.15, -0.1) is 11.8 Å². The maximum absolute atomic E-state index is 13.3. The number of rotatable bonds is 7. The van der Waals surface area contributed by atoms with Gasteiger partial charge in [0.2, 0.25) is 5.91 Å². The number of ether oxygens (including phenoxy) is 2. The highest BCUT2D eigenvalue weighted by molar-refractivity contribution is 8.00. The fourth-order valence-electron chi connectivity index (χ4n) is 3.26. The minimum absolute atomic E-state index is 0.0536. The monoisotopic (exact) mass is 489 g/mol. The third-order valence-electron chi connectivity index (χ3n) is 4.75. The third kappa shape index (κ3) is 4.74. The highest BCUT2D eigenvalue weighted by Crippen LogP contribution is 2.31. The number of methoxy groups -OCH3 is 2. The molecule has 0 spiro atoms. The molecular formula is C22H20ClN3O4S2. The van der Waals surface area contributed by atoms with Gasteiger partial charge in [0.15, 0.2) is 5.16 Å². The number of fused-ring (bicyclic) bond motifs is 1. The Morgan fingerprint density at radius 2 is 2.09 bits per heavy atom. The van der Waals surface area contributed by atoms with Crippen molar-refractivity contribution >= 4 is 46.7 Å². The zero-order valence-corrected chi connectivity index (χ0v) is 19.8. The summed E-state index contributed by atoms with van der Waals surface area (Å²) in [6, 6.07) is 12.2. The third-order valence-corrected chi connectivity index (χ3v) is 7.03. The Hall–Kier alpha value is -2.62. The van der Waals surface area contributed by atoms with Gasteiger partial charge in [-0.3, -0.25) is 14.2 Å². The van der Waals surface area contributed by atoms with E-state index in [0.29, 0.717) is 37.9 Å². The summed E-state index contributed by atoms with van der Waals surface area (Å²) in [6.07, 6.45) is 0.730. The molecule has 1 aliphatic rings. The Labute approximate surface area is 198 Å². The maximum atomic E-state index is 13.3. The van der Waals surface area contributed by atoms with Crippen LogP contribution >= 0.6 is 35.1 Å². The number of nitrogens with zero attached hydrogens (tertiary/aromatic N) is 2. The summed E-state index contributed by atoms with van der Waals surface area (Å²) in [4.78, 5) is 31.3. The molecule has 1 aliphatic heterocycles. The van der Waals surface area contributed by atoms with Crippen LogP contribution in [0.4, 0.5) is 5.69 Å². The molecule has 2 heterocycles. The van der Waals surface area contributed by atoms with Crippen LogP contribution in [0.15, 0.2) is 57.3 Å². The van der Waals surface area contributed by atoms with Gasteiger partial charge in [0.1, 0.15) is 11.5 Å². The SMILES string of the molecule is COc1cccc(-n2c(SCC(=O)Nc3cc(Cl)ccc3OC)nc3c(c2=O)SCC3)c1. The van der Waals surface area contributed by atoms with Gasteiger partial charge in [0.25, 0.3) is 5.56 Å². The van der Waals surface area contributed by atoms with E-state index >= 15 is 0 Å². The molecule has 0 saturated heterocycles. The van der Waals surface area contributed by atoms with Crippen molar-refractivity contribution in [2.24, 2.45) is 0 Å². The number of carbonyl (C=O) groups is 1. The second-order valence-corrected chi connectivity index (χ2v) is 9.28. The summed E-state index contributed by atoms with van der Waals surface area (Å²) < 4.78 is 12.1. The lowest BCUT2D eigenvalue weighted by Gasteiger charge is -2.15. The molecule has 4 rings (SSSR count). The van der Waals surface area contributed by atoms with Gasteiger partial charge in [-0.25, -0.2) is 4.98 Å². The predicted octanol–water partition coefficient (Wildman–Crippen LogP) is 4.28. The van der Waals surface area contributed by atoms with Crippen molar-refractivity contribution in [3.63, 3.8) is 0 Å². The molecule has 0 aliphatic carbocycles. The van der Waals surface area contributed by atoms with Gasteiger partial charge < -0.3 is 14.8 Å². The van der Waals surface area contributed by atoms with E-state index in [9.17, 15) is 9.59 Å². The van der Waals surface area contributed by atoms with Crippen LogP contribution in [-0.4, -0.2) is 41.2 Å². The van der Waals surface area contributed by atoms with Crippen LogP contribution in [0.5, 0.6) is 11.5 Å². The molecule has 0 fully saturated rings. The number of anilines is 1. The normalized spacial score (nSPS) is 12.3. The minimum Gasteiger partial charge on any atom is -0.497 e. The summed E-state index contributed by atoms with van der Waals surface area (Å²) in [6.45, 7) is 0. The summed E-state index contributed by atoms with van der Waals surface area (Å²) in [5.41, 5.74) is 1.76. The molecule has 0 unspecified atom stereocenters. The zero-order valence-electron chi connectivity index (χ0n) is 17.4. The van der Waals surface area contributed by atoms with Gasteiger partial charge in [-0.2, -0.15) is 0 Å². The average molecular weight is 490 g/mol. The molecular weight excluding hydrogens is 470 g/mol. The number of carbonyl (C=O) groups excluding carboxylic acids is 1. The van der Waals surface area contributed by atoms with E-state index in [4.69, 9.17) is 26.1 Å². The number of benzene rings is 2. The van der Waals surface area contributed by atoms with Crippen molar-refractivity contribution in [3.8, 4) is 17.2 Å². The van der Waals surface area contributed by atoms with Gasteiger partial charge in [0.05, 0.1) is 41.9 Å². The van der Waals surface area contributed by atoms with Crippen LogP contribution < -0.4 is 20.3 Å². The highest BCUT2D eigenvalue weighted by atomic mass is 35.5. The minimum atomic E-state index is -0.267. The molecule has 0 saturated carbocycles. The van der Waals surface area contributed by atoms with Crippen LogP contribution in [0.2, 0.25) is 5.02 Å². The van der Waals surface area contributed by atoms with Crippen molar-refractivity contribution in [1.82, 2.24) is 9.55 Å². The Balaban J connectivity index is 1.62. The van der Waals surface area contributed by atoms with Crippen LogP contribution in [0.25, 0.3) is 5.69 Å². The lowest BCUT2D eigenvalue weighted by Crippen LogP contribution is -2.24. The molecule has 32 heavy (non-hydrogen) atoms. The molecule has 1 N–H and O–H groups in total. The standard InChI is InChI=1S/C22H20ClN3O4S2/c1-29-15-5-3-4-14(11-15)26-21(28)20-16(8-9-31-20)25-22(26)32-12-19(27)24-17-10-13(23)6-7-18(17)30-2/h3-7,10-11H,8-9,12H2,1-2H3,(H,24,27). The predicted molar refractivity (Wildman–Crippen MR) is 128 cm³/mol. The van der Waals surface area contributed by atoms with E-state index < -0.39 is 0 Å². The Morgan fingerprint density at radius 1 is 1.25 bits per heavy atom. The fraction of sp³-hybridized carbons (Fsp3) is 0.227. The fourth-order valence-corrected chi connectivity index (χ4v) is 5.29. The topological polar surface area (TPSA) is 82.4 Å². The Bertz CT molecular complexity index is 1230. The quantitative estimate of drug-likeness (QED) is 0.391. The van der Waals surface area contributed by atoms with Crippen LogP contribution in [-0.2, 0) is 11.2 Å². The first-order valence-electron chi connectivity index (χ1n) is 9.69.